The van der Waals surface area contributed by atoms with E-state index in [4.69, 9.17) is 10.5 Å². The van der Waals surface area contributed by atoms with Gasteiger partial charge in [-0.05, 0) is 36.0 Å². The molecule has 8 heteroatoms. The quantitative estimate of drug-likeness (QED) is 0.410. The van der Waals surface area contributed by atoms with E-state index in [1.54, 1.807) is 0 Å². The lowest BCUT2D eigenvalue weighted by atomic mass is 9.84. The van der Waals surface area contributed by atoms with Crippen LogP contribution in [0.4, 0.5) is 4.39 Å². The lowest BCUT2D eigenvalue weighted by Crippen LogP contribution is -2.42. The van der Waals surface area contributed by atoms with E-state index in [1.807, 2.05) is 13.8 Å². The highest BCUT2D eigenvalue weighted by Gasteiger charge is 2.24. The normalized spacial score (nSPS) is 16.1. The van der Waals surface area contributed by atoms with Crippen molar-refractivity contribution < 1.29 is 18.7 Å². The van der Waals surface area contributed by atoms with Crippen molar-refractivity contribution in [3.8, 4) is 5.75 Å². The number of rotatable bonds is 9. The summed E-state index contributed by atoms with van der Waals surface area (Å²) in [6, 6.07) is 3.59. The second kappa shape index (κ2) is 12.3. The van der Waals surface area contributed by atoms with Gasteiger partial charge in [0, 0.05) is 6.54 Å². The van der Waals surface area contributed by atoms with Gasteiger partial charge in [0.05, 0.1) is 13.5 Å². The number of methoxy groups -OCH3 is 1. The molecule has 1 aliphatic carbocycles. The largest absolute Gasteiger partial charge is 0.494 e. The molecule has 1 saturated carbocycles. The van der Waals surface area contributed by atoms with E-state index in [9.17, 15) is 14.0 Å². The Labute approximate surface area is 184 Å². The lowest BCUT2D eigenvalue weighted by molar-refractivity contribution is -0.123. The SMILES string of the molecule is COc1cc(CC(=O)NC(N)=NC(CC2CCCCC2)C(=O)NCC(C)C)ccc1F. The van der Waals surface area contributed by atoms with Crippen molar-refractivity contribution in [2.45, 2.75) is 64.8 Å². The number of carbonyl (C=O) groups excluding carboxylic acids is 2. The first-order valence-corrected chi connectivity index (χ1v) is 11.0. The Kier molecular flexibility index (Phi) is 9.75. The Morgan fingerprint density at radius 2 is 1.97 bits per heavy atom. The molecular weight excluding hydrogens is 399 g/mol. The maximum Gasteiger partial charge on any atom is 0.244 e. The molecule has 0 aromatic heterocycles. The number of hydrogen-bond acceptors (Lipinski definition) is 4. The molecule has 31 heavy (non-hydrogen) atoms. The molecule has 7 nitrogen and oxygen atoms in total. The summed E-state index contributed by atoms with van der Waals surface area (Å²) >= 11 is 0. The third kappa shape index (κ3) is 8.55. The molecule has 1 unspecified atom stereocenters. The average molecular weight is 435 g/mol. The van der Waals surface area contributed by atoms with Crippen molar-refractivity contribution in [3.63, 3.8) is 0 Å². The third-order valence-corrected chi connectivity index (χ3v) is 5.41. The highest BCUT2D eigenvalue weighted by molar-refractivity contribution is 5.98. The fourth-order valence-corrected chi connectivity index (χ4v) is 3.77. The minimum Gasteiger partial charge on any atom is -0.494 e. The third-order valence-electron chi connectivity index (χ3n) is 5.41. The van der Waals surface area contributed by atoms with Gasteiger partial charge in [0.1, 0.15) is 6.04 Å². The number of hydrogen-bond donors (Lipinski definition) is 3. The monoisotopic (exact) mass is 434 g/mol. The van der Waals surface area contributed by atoms with Crippen molar-refractivity contribution in [1.29, 1.82) is 0 Å². The molecule has 0 radical (unpaired) electrons. The van der Waals surface area contributed by atoms with Crippen LogP contribution >= 0.6 is 0 Å². The molecule has 1 aromatic rings. The van der Waals surface area contributed by atoms with Gasteiger partial charge in [0.2, 0.25) is 11.8 Å². The molecule has 172 valence electrons. The molecule has 1 atom stereocenters. The first-order valence-electron chi connectivity index (χ1n) is 11.0. The molecule has 0 heterocycles. The summed E-state index contributed by atoms with van der Waals surface area (Å²) < 4.78 is 18.5. The molecule has 1 fully saturated rings. The highest BCUT2D eigenvalue weighted by Crippen LogP contribution is 2.28. The van der Waals surface area contributed by atoms with Crippen LogP contribution in [0.3, 0.4) is 0 Å². The van der Waals surface area contributed by atoms with Gasteiger partial charge >= 0.3 is 0 Å². The van der Waals surface area contributed by atoms with Gasteiger partial charge in [-0.1, -0.05) is 52.0 Å². The van der Waals surface area contributed by atoms with E-state index < -0.39 is 17.8 Å². The number of benzene rings is 1. The smallest absolute Gasteiger partial charge is 0.244 e. The maximum atomic E-state index is 13.5. The number of guanidine groups is 1. The number of carbonyl (C=O) groups is 2. The predicted octanol–water partition coefficient (Wildman–Crippen LogP) is 2.92. The van der Waals surface area contributed by atoms with E-state index in [-0.39, 0.29) is 24.0 Å². The molecule has 1 aliphatic rings. The Morgan fingerprint density at radius 3 is 2.61 bits per heavy atom. The number of nitrogens with one attached hydrogen (secondary N) is 2. The standard InChI is InChI=1S/C23H35FN4O3/c1-15(2)14-26-22(30)19(11-16-7-5-4-6-8-16)27-23(25)28-21(29)13-17-9-10-18(24)20(12-17)31-3/h9-10,12,15-16,19H,4-8,11,13-14H2,1-3H3,(H,26,30)(H3,25,27,28,29). The number of amides is 2. The zero-order valence-electron chi connectivity index (χ0n) is 18.7. The average Bonchev–Trinajstić information content (AvgIpc) is 2.73. The molecule has 0 aliphatic heterocycles. The zero-order chi connectivity index (χ0) is 22.8. The van der Waals surface area contributed by atoms with Gasteiger partial charge in [-0.15, -0.1) is 0 Å². The van der Waals surface area contributed by atoms with E-state index in [1.165, 1.54) is 44.6 Å². The summed E-state index contributed by atoms with van der Waals surface area (Å²) in [6.07, 6.45) is 6.35. The molecular formula is C23H35FN4O3. The second-order valence-corrected chi connectivity index (χ2v) is 8.60. The fourth-order valence-electron chi connectivity index (χ4n) is 3.77. The maximum absolute atomic E-state index is 13.5. The van der Waals surface area contributed by atoms with Gasteiger partial charge in [-0.3, -0.25) is 14.9 Å². The minimum atomic E-state index is -0.631. The molecule has 2 rings (SSSR count). The minimum absolute atomic E-state index is 0.0142. The van der Waals surface area contributed by atoms with Crippen LogP contribution in [0.2, 0.25) is 0 Å². The van der Waals surface area contributed by atoms with Crippen LogP contribution in [0.5, 0.6) is 5.75 Å². The van der Waals surface area contributed by atoms with Gasteiger partial charge < -0.3 is 15.8 Å². The molecule has 0 spiro atoms. The van der Waals surface area contributed by atoms with Gasteiger partial charge in [-0.25, -0.2) is 9.38 Å². The number of aliphatic imine (C=N–C) groups is 1. The summed E-state index contributed by atoms with van der Waals surface area (Å²) in [5.74, 6) is -0.309. The number of nitrogens with two attached hydrogens (primary N) is 1. The second-order valence-electron chi connectivity index (χ2n) is 8.60. The highest BCUT2D eigenvalue weighted by atomic mass is 19.1. The van der Waals surface area contributed by atoms with Gasteiger partial charge in [0.25, 0.3) is 0 Å². The number of nitrogens with zero attached hydrogens (tertiary/aromatic N) is 1. The van der Waals surface area contributed by atoms with Crippen molar-refractivity contribution in [2.24, 2.45) is 22.6 Å². The van der Waals surface area contributed by atoms with Crippen molar-refractivity contribution >= 4 is 17.8 Å². The lowest BCUT2D eigenvalue weighted by Gasteiger charge is -2.24. The van der Waals surface area contributed by atoms with E-state index in [0.717, 1.165) is 12.8 Å². The molecule has 4 N–H and O–H groups in total. The Morgan fingerprint density at radius 1 is 1.26 bits per heavy atom. The summed E-state index contributed by atoms with van der Waals surface area (Å²) in [7, 11) is 1.36. The number of ether oxygens (including phenoxy) is 1. The molecule has 0 bridgehead atoms. The van der Waals surface area contributed by atoms with Crippen molar-refractivity contribution in [1.82, 2.24) is 10.6 Å². The Balaban J connectivity index is 2.02. The van der Waals surface area contributed by atoms with E-state index >= 15 is 0 Å². The zero-order valence-corrected chi connectivity index (χ0v) is 18.7. The Hall–Kier alpha value is -2.64. The van der Waals surface area contributed by atoms with Crippen LogP contribution in [0.15, 0.2) is 23.2 Å². The van der Waals surface area contributed by atoms with Crippen LogP contribution in [-0.2, 0) is 16.0 Å². The Bertz CT molecular complexity index is 776. The molecule has 1 aromatic carbocycles. The van der Waals surface area contributed by atoms with Crippen LogP contribution in [0.25, 0.3) is 0 Å². The van der Waals surface area contributed by atoms with Crippen molar-refractivity contribution in [2.75, 3.05) is 13.7 Å². The van der Waals surface area contributed by atoms with E-state index in [0.29, 0.717) is 30.4 Å². The summed E-state index contributed by atoms with van der Waals surface area (Å²) in [5.41, 5.74) is 6.54. The fraction of sp³-hybridized carbons (Fsp3) is 0.609. The van der Waals surface area contributed by atoms with Crippen LogP contribution in [0, 0.1) is 17.7 Å². The first-order chi connectivity index (χ1) is 14.8. The van der Waals surface area contributed by atoms with Crippen LogP contribution in [-0.4, -0.2) is 37.5 Å². The topological polar surface area (TPSA) is 106 Å². The summed E-state index contributed by atoms with van der Waals surface area (Å²) in [6.45, 7) is 4.62. The van der Waals surface area contributed by atoms with Gasteiger partial charge in [0.15, 0.2) is 17.5 Å². The van der Waals surface area contributed by atoms with E-state index in [2.05, 4.69) is 15.6 Å². The van der Waals surface area contributed by atoms with Crippen LogP contribution in [0.1, 0.15) is 57.9 Å². The summed E-state index contributed by atoms with van der Waals surface area (Å²) in [5, 5.41) is 5.47. The summed E-state index contributed by atoms with van der Waals surface area (Å²) in [4.78, 5) is 29.4. The number of halogens is 1. The van der Waals surface area contributed by atoms with Crippen LogP contribution < -0.4 is 21.1 Å². The molecule has 0 saturated heterocycles. The van der Waals surface area contributed by atoms with Gasteiger partial charge in [-0.2, -0.15) is 0 Å². The molecule has 2 amide bonds. The van der Waals surface area contributed by atoms with Crippen molar-refractivity contribution in [3.05, 3.63) is 29.6 Å². The first kappa shape index (κ1) is 24.6. The predicted molar refractivity (Wildman–Crippen MR) is 119 cm³/mol.